The van der Waals surface area contributed by atoms with E-state index < -0.39 is 6.04 Å². The van der Waals surface area contributed by atoms with Crippen LogP contribution >= 0.6 is 12.4 Å². The Balaban J connectivity index is 0.00000242. The third kappa shape index (κ3) is 4.86. The zero-order valence-corrected chi connectivity index (χ0v) is 13.8. The molecule has 2 rings (SSSR count). The number of aryl methyl sites for hydroxylation is 1. The Kier molecular flexibility index (Phi) is 7.09. The number of nitrogens with two attached hydrogens (primary N) is 1. The zero-order chi connectivity index (χ0) is 15.2. The molecule has 0 aliphatic rings. The molecule has 1 unspecified atom stereocenters. The van der Waals surface area contributed by atoms with Crippen LogP contribution in [0.25, 0.3) is 0 Å². The van der Waals surface area contributed by atoms with Crippen molar-refractivity contribution in [1.29, 1.82) is 0 Å². The summed E-state index contributed by atoms with van der Waals surface area (Å²) in [6.07, 6.45) is 0.549. The van der Waals surface area contributed by atoms with Crippen molar-refractivity contribution in [3.8, 4) is 0 Å². The first-order valence-corrected chi connectivity index (χ1v) is 7.23. The maximum Gasteiger partial charge on any atom is 0.237 e. The Morgan fingerprint density at radius 1 is 1.09 bits per heavy atom. The predicted octanol–water partition coefficient (Wildman–Crippen LogP) is 3.16. The molecule has 0 heterocycles. The lowest BCUT2D eigenvalue weighted by atomic mass is 10.0. The molecule has 22 heavy (non-hydrogen) atoms. The fourth-order valence-electron chi connectivity index (χ4n) is 2.43. The minimum atomic E-state index is -0.529. The summed E-state index contributed by atoms with van der Waals surface area (Å²) >= 11 is 0. The summed E-state index contributed by atoms with van der Waals surface area (Å²) in [5.74, 6) is -0.116. The standard InChI is InChI=1S/C18H22N2O.ClH/c1-13-8-6-7-11-16(13)14(2)20-18(21)17(19)12-15-9-4-3-5-10-15;/h3-11,14,17H,12,19H2,1-2H3,(H,20,21);1H/t14?,17-;/m0./s1. The Morgan fingerprint density at radius 3 is 2.32 bits per heavy atom. The van der Waals surface area contributed by atoms with Gasteiger partial charge >= 0.3 is 0 Å². The Bertz CT molecular complexity index is 601. The van der Waals surface area contributed by atoms with Crippen molar-refractivity contribution in [3.05, 3.63) is 71.3 Å². The normalized spacial score (nSPS) is 12.9. The molecule has 0 aromatic heterocycles. The summed E-state index contributed by atoms with van der Waals surface area (Å²) in [5.41, 5.74) is 9.37. The highest BCUT2D eigenvalue weighted by Crippen LogP contribution is 2.16. The third-order valence-corrected chi connectivity index (χ3v) is 3.65. The van der Waals surface area contributed by atoms with Crippen LogP contribution in [-0.4, -0.2) is 11.9 Å². The van der Waals surface area contributed by atoms with Gasteiger partial charge in [-0.2, -0.15) is 0 Å². The SMILES string of the molecule is Cc1ccccc1C(C)NC(=O)[C@@H](N)Cc1ccccc1.Cl. The van der Waals surface area contributed by atoms with E-state index in [0.29, 0.717) is 6.42 Å². The van der Waals surface area contributed by atoms with E-state index in [1.54, 1.807) is 0 Å². The van der Waals surface area contributed by atoms with Crippen molar-refractivity contribution in [2.45, 2.75) is 32.4 Å². The van der Waals surface area contributed by atoms with Crippen LogP contribution < -0.4 is 11.1 Å². The molecule has 0 spiro atoms. The highest BCUT2D eigenvalue weighted by Gasteiger charge is 2.17. The summed E-state index contributed by atoms with van der Waals surface area (Å²) in [6.45, 7) is 4.03. The van der Waals surface area contributed by atoms with Gasteiger partial charge in [-0.15, -0.1) is 12.4 Å². The number of carbonyl (C=O) groups is 1. The van der Waals surface area contributed by atoms with Gasteiger partial charge < -0.3 is 11.1 Å². The fourth-order valence-corrected chi connectivity index (χ4v) is 2.43. The molecule has 0 radical (unpaired) electrons. The van der Waals surface area contributed by atoms with E-state index in [-0.39, 0.29) is 24.4 Å². The zero-order valence-electron chi connectivity index (χ0n) is 13.0. The van der Waals surface area contributed by atoms with Crippen molar-refractivity contribution in [1.82, 2.24) is 5.32 Å². The minimum Gasteiger partial charge on any atom is -0.348 e. The van der Waals surface area contributed by atoms with Gasteiger partial charge in [0.05, 0.1) is 12.1 Å². The number of amides is 1. The number of rotatable bonds is 5. The highest BCUT2D eigenvalue weighted by molar-refractivity contribution is 5.85. The van der Waals surface area contributed by atoms with Crippen LogP contribution in [0.2, 0.25) is 0 Å². The van der Waals surface area contributed by atoms with Crippen LogP contribution in [0, 0.1) is 6.92 Å². The topological polar surface area (TPSA) is 55.1 Å². The van der Waals surface area contributed by atoms with E-state index in [0.717, 1.165) is 11.1 Å². The molecule has 2 aromatic rings. The first kappa shape index (κ1) is 18.2. The van der Waals surface area contributed by atoms with Gasteiger partial charge in [-0.05, 0) is 37.0 Å². The van der Waals surface area contributed by atoms with Gasteiger partial charge in [-0.3, -0.25) is 4.79 Å². The second-order valence-corrected chi connectivity index (χ2v) is 5.38. The molecule has 1 amide bonds. The van der Waals surface area contributed by atoms with Crippen molar-refractivity contribution < 1.29 is 4.79 Å². The Morgan fingerprint density at radius 2 is 1.68 bits per heavy atom. The second kappa shape index (κ2) is 8.57. The quantitative estimate of drug-likeness (QED) is 0.889. The molecule has 0 aliphatic heterocycles. The van der Waals surface area contributed by atoms with Gasteiger partial charge in [-0.1, -0.05) is 54.6 Å². The maximum absolute atomic E-state index is 12.2. The first-order valence-electron chi connectivity index (χ1n) is 7.23. The van der Waals surface area contributed by atoms with Gasteiger partial charge in [0, 0.05) is 0 Å². The molecule has 4 heteroatoms. The summed E-state index contributed by atoms with van der Waals surface area (Å²) < 4.78 is 0. The van der Waals surface area contributed by atoms with Gasteiger partial charge in [0.2, 0.25) is 5.91 Å². The van der Waals surface area contributed by atoms with Crippen LogP contribution in [0.5, 0.6) is 0 Å². The molecule has 0 bridgehead atoms. The lowest BCUT2D eigenvalue weighted by Crippen LogP contribution is -2.43. The van der Waals surface area contributed by atoms with E-state index in [1.807, 2.05) is 68.4 Å². The van der Waals surface area contributed by atoms with Crippen molar-refractivity contribution in [3.63, 3.8) is 0 Å². The molecule has 3 N–H and O–H groups in total. The minimum absolute atomic E-state index is 0. The number of hydrogen-bond acceptors (Lipinski definition) is 2. The van der Waals surface area contributed by atoms with Gasteiger partial charge in [0.15, 0.2) is 0 Å². The molecule has 0 aliphatic carbocycles. The van der Waals surface area contributed by atoms with Crippen LogP contribution in [0.1, 0.15) is 29.7 Å². The lowest BCUT2D eigenvalue weighted by Gasteiger charge is -2.19. The van der Waals surface area contributed by atoms with Crippen LogP contribution in [-0.2, 0) is 11.2 Å². The Labute approximate surface area is 138 Å². The lowest BCUT2D eigenvalue weighted by molar-refractivity contribution is -0.123. The van der Waals surface area contributed by atoms with Crippen LogP contribution in [0.15, 0.2) is 54.6 Å². The smallest absolute Gasteiger partial charge is 0.237 e. The van der Waals surface area contributed by atoms with Gasteiger partial charge in [0.1, 0.15) is 0 Å². The van der Waals surface area contributed by atoms with Gasteiger partial charge in [-0.25, -0.2) is 0 Å². The Hall–Kier alpha value is -1.84. The number of halogens is 1. The molecule has 0 fully saturated rings. The molecule has 2 aromatic carbocycles. The van der Waals surface area contributed by atoms with Crippen molar-refractivity contribution in [2.24, 2.45) is 5.73 Å². The monoisotopic (exact) mass is 318 g/mol. The summed E-state index contributed by atoms with van der Waals surface area (Å²) in [6, 6.07) is 17.3. The van der Waals surface area contributed by atoms with E-state index in [2.05, 4.69) is 5.32 Å². The first-order chi connectivity index (χ1) is 10.1. The molecular weight excluding hydrogens is 296 g/mol. The molecule has 118 valence electrons. The summed E-state index contributed by atoms with van der Waals surface area (Å²) in [7, 11) is 0. The summed E-state index contributed by atoms with van der Waals surface area (Å²) in [5, 5.41) is 2.99. The molecule has 0 saturated carbocycles. The van der Waals surface area contributed by atoms with Crippen LogP contribution in [0.3, 0.4) is 0 Å². The van der Waals surface area contributed by atoms with E-state index in [4.69, 9.17) is 5.73 Å². The largest absolute Gasteiger partial charge is 0.348 e. The second-order valence-electron chi connectivity index (χ2n) is 5.38. The van der Waals surface area contributed by atoms with Crippen molar-refractivity contribution >= 4 is 18.3 Å². The average molecular weight is 319 g/mol. The molecule has 2 atom stereocenters. The van der Waals surface area contributed by atoms with E-state index >= 15 is 0 Å². The number of hydrogen-bond donors (Lipinski definition) is 2. The van der Waals surface area contributed by atoms with E-state index in [9.17, 15) is 4.79 Å². The van der Waals surface area contributed by atoms with Crippen molar-refractivity contribution in [2.75, 3.05) is 0 Å². The highest BCUT2D eigenvalue weighted by atomic mass is 35.5. The third-order valence-electron chi connectivity index (χ3n) is 3.65. The van der Waals surface area contributed by atoms with Crippen LogP contribution in [0.4, 0.5) is 0 Å². The predicted molar refractivity (Wildman–Crippen MR) is 93.1 cm³/mol. The van der Waals surface area contributed by atoms with Gasteiger partial charge in [0.25, 0.3) is 0 Å². The molecular formula is C18H23ClN2O. The molecule has 0 saturated heterocycles. The maximum atomic E-state index is 12.2. The average Bonchev–Trinajstić information content (AvgIpc) is 2.48. The number of carbonyl (C=O) groups excluding carboxylic acids is 1. The number of nitrogens with one attached hydrogen (secondary N) is 1. The number of benzene rings is 2. The molecule has 3 nitrogen and oxygen atoms in total. The van der Waals surface area contributed by atoms with E-state index in [1.165, 1.54) is 5.56 Å². The summed E-state index contributed by atoms with van der Waals surface area (Å²) in [4.78, 5) is 12.2. The fraction of sp³-hybridized carbons (Fsp3) is 0.278.